The molecule has 98 valence electrons. The summed E-state index contributed by atoms with van der Waals surface area (Å²) in [6.45, 7) is 2.46. The maximum Gasteiger partial charge on any atom is 0.371 e. The summed E-state index contributed by atoms with van der Waals surface area (Å²) in [6.07, 6.45) is 1.74. The Hall–Kier alpha value is -2.34. The van der Waals surface area contributed by atoms with Crippen molar-refractivity contribution in [1.29, 1.82) is 0 Å². The Morgan fingerprint density at radius 2 is 2.37 bits per heavy atom. The van der Waals surface area contributed by atoms with E-state index in [0.717, 1.165) is 16.3 Å². The molecule has 3 N–H and O–H groups in total. The summed E-state index contributed by atoms with van der Waals surface area (Å²) in [4.78, 5) is 11.0. The molecule has 0 bridgehead atoms. The van der Waals surface area contributed by atoms with Gasteiger partial charge in [-0.15, -0.1) is 0 Å². The molecule has 0 amide bonds. The number of hydrogen-bond donors (Lipinski definition) is 2. The number of hydrogen-bond acceptors (Lipinski definition) is 4. The highest BCUT2D eigenvalue weighted by Crippen LogP contribution is 2.28. The molecule has 2 heterocycles. The molecule has 1 aromatic carbocycles. The zero-order valence-electron chi connectivity index (χ0n) is 10.3. The summed E-state index contributed by atoms with van der Waals surface area (Å²) >= 11 is 0. The van der Waals surface area contributed by atoms with E-state index in [1.165, 1.54) is 6.07 Å². The van der Waals surface area contributed by atoms with Gasteiger partial charge in [-0.3, -0.25) is 4.68 Å². The number of carbonyl (C=O) groups is 1. The second kappa shape index (κ2) is 4.10. The summed E-state index contributed by atoms with van der Waals surface area (Å²) in [7, 11) is 0. The Labute approximate surface area is 108 Å². The first-order valence-corrected chi connectivity index (χ1v) is 5.93. The molecule has 0 aliphatic rings. The molecule has 19 heavy (non-hydrogen) atoms. The highest BCUT2D eigenvalue weighted by Gasteiger charge is 2.15. The number of aromatic nitrogens is 2. The van der Waals surface area contributed by atoms with Gasteiger partial charge in [0, 0.05) is 22.9 Å². The molecule has 3 aromatic rings. The molecule has 0 saturated heterocycles. The maximum absolute atomic E-state index is 11.0. The van der Waals surface area contributed by atoms with Crippen LogP contribution < -0.4 is 5.73 Å². The first-order valence-electron chi connectivity index (χ1n) is 5.93. The minimum Gasteiger partial charge on any atom is -0.475 e. The lowest BCUT2D eigenvalue weighted by molar-refractivity contribution is 0.0665. The third-order valence-corrected chi connectivity index (χ3v) is 2.97. The normalized spacial score (nSPS) is 13.2. The van der Waals surface area contributed by atoms with Crippen LogP contribution >= 0.6 is 0 Å². The van der Waals surface area contributed by atoms with Crippen molar-refractivity contribution in [2.24, 2.45) is 5.73 Å². The number of nitrogens with zero attached hydrogens (tertiary/aromatic N) is 2. The number of benzene rings is 1. The minimum atomic E-state index is -1.08. The number of aromatic carboxylic acids is 1. The summed E-state index contributed by atoms with van der Waals surface area (Å²) in [6, 6.07) is 5.10. The van der Waals surface area contributed by atoms with Crippen molar-refractivity contribution >= 4 is 27.8 Å². The zero-order chi connectivity index (χ0) is 13.6. The second-order valence-corrected chi connectivity index (χ2v) is 4.63. The lowest BCUT2D eigenvalue weighted by Crippen LogP contribution is -2.22. The van der Waals surface area contributed by atoms with E-state index in [0.29, 0.717) is 12.1 Å². The first kappa shape index (κ1) is 11.7. The number of fused-ring (bicyclic) bond motifs is 3. The molecule has 0 spiro atoms. The number of furan rings is 1. The van der Waals surface area contributed by atoms with Gasteiger partial charge in [-0.2, -0.15) is 5.10 Å². The number of carboxylic acids is 1. The fraction of sp³-hybridized carbons (Fsp3) is 0.231. The van der Waals surface area contributed by atoms with Crippen LogP contribution in [-0.2, 0) is 6.54 Å². The summed E-state index contributed by atoms with van der Waals surface area (Å²) in [5.41, 5.74) is 7.18. The van der Waals surface area contributed by atoms with Gasteiger partial charge >= 0.3 is 5.97 Å². The average Bonchev–Trinajstić information content (AvgIpc) is 2.91. The molecular weight excluding hydrogens is 246 g/mol. The van der Waals surface area contributed by atoms with Crippen molar-refractivity contribution in [1.82, 2.24) is 9.78 Å². The van der Waals surface area contributed by atoms with Crippen LogP contribution in [-0.4, -0.2) is 26.9 Å². The van der Waals surface area contributed by atoms with E-state index in [-0.39, 0.29) is 11.8 Å². The Morgan fingerprint density at radius 3 is 3.05 bits per heavy atom. The number of rotatable bonds is 3. The smallest absolute Gasteiger partial charge is 0.371 e. The van der Waals surface area contributed by atoms with Crippen LogP contribution in [0.3, 0.4) is 0 Å². The van der Waals surface area contributed by atoms with Gasteiger partial charge in [0.1, 0.15) is 5.58 Å². The van der Waals surface area contributed by atoms with Gasteiger partial charge in [0.05, 0.1) is 18.3 Å². The zero-order valence-corrected chi connectivity index (χ0v) is 10.3. The van der Waals surface area contributed by atoms with Gasteiger partial charge in [0.2, 0.25) is 5.76 Å². The summed E-state index contributed by atoms with van der Waals surface area (Å²) < 4.78 is 7.08. The quantitative estimate of drug-likeness (QED) is 0.748. The molecule has 2 aromatic heterocycles. The Morgan fingerprint density at radius 1 is 1.58 bits per heavy atom. The second-order valence-electron chi connectivity index (χ2n) is 4.63. The van der Waals surface area contributed by atoms with Crippen LogP contribution in [0.15, 0.2) is 28.8 Å². The molecule has 6 heteroatoms. The number of nitrogens with two attached hydrogens (primary N) is 1. The first-order chi connectivity index (χ1) is 9.06. The lowest BCUT2D eigenvalue weighted by atomic mass is 10.2. The average molecular weight is 259 g/mol. The fourth-order valence-electron chi connectivity index (χ4n) is 2.21. The van der Waals surface area contributed by atoms with Crippen molar-refractivity contribution in [3.63, 3.8) is 0 Å². The molecule has 1 atom stereocenters. The van der Waals surface area contributed by atoms with Gasteiger partial charge < -0.3 is 15.3 Å². The van der Waals surface area contributed by atoms with E-state index >= 15 is 0 Å². The molecule has 0 saturated carbocycles. The molecule has 0 radical (unpaired) electrons. The Bertz CT molecular complexity index is 770. The minimum absolute atomic E-state index is 0.0378. The third kappa shape index (κ3) is 1.86. The largest absolute Gasteiger partial charge is 0.475 e. The van der Waals surface area contributed by atoms with Crippen LogP contribution in [0.5, 0.6) is 0 Å². The third-order valence-electron chi connectivity index (χ3n) is 2.97. The molecule has 6 nitrogen and oxygen atoms in total. The van der Waals surface area contributed by atoms with Crippen LogP contribution in [0, 0.1) is 0 Å². The van der Waals surface area contributed by atoms with Crippen LogP contribution in [0.2, 0.25) is 0 Å². The van der Waals surface area contributed by atoms with Crippen LogP contribution in [0.25, 0.3) is 21.9 Å². The molecule has 0 unspecified atom stereocenters. The maximum atomic E-state index is 11.0. The standard InChI is InChI=1S/C13H13N3O3/c1-7(14)6-16-12-8(5-15-16)2-3-10-9(12)4-11(19-10)13(17)18/h2-5,7H,6,14H2,1H3,(H,17,18)/t7-/m0/s1. The van der Waals surface area contributed by atoms with Gasteiger partial charge in [-0.05, 0) is 19.1 Å². The van der Waals surface area contributed by atoms with Crippen molar-refractivity contribution < 1.29 is 14.3 Å². The van der Waals surface area contributed by atoms with E-state index < -0.39 is 5.97 Å². The van der Waals surface area contributed by atoms with Crippen molar-refractivity contribution in [2.75, 3.05) is 0 Å². The number of carboxylic acid groups (broad SMARTS) is 1. The van der Waals surface area contributed by atoms with Gasteiger partial charge in [-0.1, -0.05) is 0 Å². The molecule has 0 fully saturated rings. The highest BCUT2D eigenvalue weighted by atomic mass is 16.4. The molecule has 0 aliphatic carbocycles. The van der Waals surface area contributed by atoms with Crippen molar-refractivity contribution in [3.05, 3.63) is 30.2 Å². The van der Waals surface area contributed by atoms with Gasteiger partial charge in [-0.25, -0.2) is 4.79 Å². The SMILES string of the molecule is C[C@H](N)Cn1ncc2ccc3oc(C(=O)O)cc3c21. The van der Waals surface area contributed by atoms with Crippen molar-refractivity contribution in [2.45, 2.75) is 19.5 Å². The van der Waals surface area contributed by atoms with E-state index in [4.69, 9.17) is 15.3 Å². The summed E-state index contributed by atoms with van der Waals surface area (Å²) in [5, 5.41) is 15.0. The monoisotopic (exact) mass is 259 g/mol. The van der Waals surface area contributed by atoms with E-state index in [2.05, 4.69) is 5.10 Å². The van der Waals surface area contributed by atoms with Gasteiger partial charge in [0.15, 0.2) is 0 Å². The topological polar surface area (TPSA) is 94.3 Å². The van der Waals surface area contributed by atoms with E-state index in [9.17, 15) is 4.79 Å². The highest BCUT2D eigenvalue weighted by molar-refractivity contribution is 6.06. The Balaban J connectivity index is 2.30. The van der Waals surface area contributed by atoms with Crippen molar-refractivity contribution in [3.8, 4) is 0 Å². The predicted octanol–water partition coefficient (Wildman–Crippen LogP) is 1.83. The van der Waals surface area contributed by atoms with Crippen LogP contribution in [0.4, 0.5) is 0 Å². The van der Waals surface area contributed by atoms with Crippen LogP contribution in [0.1, 0.15) is 17.5 Å². The van der Waals surface area contributed by atoms with Gasteiger partial charge in [0.25, 0.3) is 0 Å². The molecular formula is C13H13N3O3. The fourth-order valence-corrected chi connectivity index (χ4v) is 2.21. The predicted molar refractivity (Wildman–Crippen MR) is 70.1 cm³/mol. The Kier molecular flexibility index (Phi) is 2.53. The van der Waals surface area contributed by atoms with E-state index in [1.54, 1.807) is 16.9 Å². The summed E-state index contributed by atoms with van der Waals surface area (Å²) in [5.74, 6) is -1.15. The lowest BCUT2D eigenvalue weighted by Gasteiger charge is -2.06. The molecule has 3 rings (SSSR count). The molecule has 0 aliphatic heterocycles. The van der Waals surface area contributed by atoms with E-state index in [1.807, 2.05) is 13.0 Å².